The van der Waals surface area contributed by atoms with Crippen molar-refractivity contribution in [2.75, 3.05) is 5.73 Å². The lowest BCUT2D eigenvalue weighted by Crippen LogP contribution is -1.86. The fourth-order valence-electron chi connectivity index (χ4n) is 0.530. The van der Waals surface area contributed by atoms with Gasteiger partial charge in [-0.1, -0.05) is 11.3 Å². The number of nitrogen functional groups attached to an aromatic ring is 1. The zero-order chi connectivity index (χ0) is 7.56. The van der Waals surface area contributed by atoms with Crippen LogP contribution in [0.25, 0.3) is 0 Å². The first kappa shape index (κ1) is 6.88. The molecule has 0 amide bonds. The molecule has 2 N–H and O–H groups in total. The molecule has 0 aliphatic heterocycles. The van der Waals surface area contributed by atoms with Gasteiger partial charge in [-0.15, -0.1) is 0 Å². The molecular weight excluding hydrogens is 152 g/mol. The van der Waals surface area contributed by atoms with Gasteiger partial charge in [-0.25, -0.2) is 4.98 Å². The van der Waals surface area contributed by atoms with Gasteiger partial charge in [-0.3, -0.25) is 9.59 Å². The van der Waals surface area contributed by atoms with Crippen LogP contribution in [0.3, 0.4) is 0 Å². The number of nitrogens with zero attached hydrogens (tertiary/aromatic N) is 1. The molecule has 0 aliphatic rings. The molecule has 5 heteroatoms. The van der Waals surface area contributed by atoms with E-state index in [0.717, 1.165) is 11.3 Å². The molecule has 1 rings (SSSR count). The van der Waals surface area contributed by atoms with Crippen molar-refractivity contribution in [2.45, 2.75) is 0 Å². The summed E-state index contributed by atoms with van der Waals surface area (Å²) < 4.78 is 0. The van der Waals surface area contributed by atoms with Gasteiger partial charge in [0.25, 0.3) is 0 Å². The van der Waals surface area contributed by atoms with Crippen molar-refractivity contribution in [2.24, 2.45) is 0 Å². The van der Waals surface area contributed by atoms with Crippen LogP contribution in [0.1, 0.15) is 20.2 Å². The predicted molar refractivity (Wildman–Crippen MR) is 37.3 cm³/mol. The van der Waals surface area contributed by atoms with E-state index in [2.05, 4.69) is 4.98 Å². The number of anilines is 1. The van der Waals surface area contributed by atoms with Crippen molar-refractivity contribution in [1.82, 2.24) is 4.98 Å². The van der Waals surface area contributed by atoms with Crippen LogP contribution in [0.2, 0.25) is 0 Å². The highest BCUT2D eigenvalue weighted by atomic mass is 32.1. The van der Waals surface area contributed by atoms with Gasteiger partial charge in [0.2, 0.25) is 0 Å². The topological polar surface area (TPSA) is 73.0 Å². The minimum absolute atomic E-state index is 0.123. The third-order valence-electron chi connectivity index (χ3n) is 0.916. The van der Waals surface area contributed by atoms with Gasteiger partial charge in [-0.2, -0.15) is 0 Å². The lowest BCUT2D eigenvalue weighted by atomic mass is 10.4. The van der Waals surface area contributed by atoms with Crippen molar-refractivity contribution in [3.05, 3.63) is 10.6 Å². The molecule has 0 aromatic carbocycles. The Morgan fingerprint density at radius 3 is 2.50 bits per heavy atom. The van der Waals surface area contributed by atoms with Crippen molar-refractivity contribution in [3.63, 3.8) is 0 Å². The summed E-state index contributed by atoms with van der Waals surface area (Å²) >= 11 is 1.01. The highest BCUT2D eigenvalue weighted by Crippen LogP contribution is 2.16. The Bertz CT molecular complexity index is 243. The normalized spacial score (nSPS) is 9.20. The van der Waals surface area contributed by atoms with Crippen molar-refractivity contribution < 1.29 is 9.59 Å². The average Bonchev–Trinajstić information content (AvgIpc) is 2.30. The van der Waals surface area contributed by atoms with Gasteiger partial charge in [0.05, 0.1) is 4.88 Å². The van der Waals surface area contributed by atoms with Crippen LogP contribution in [0.15, 0.2) is 0 Å². The monoisotopic (exact) mass is 156 g/mol. The van der Waals surface area contributed by atoms with Crippen LogP contribution in [0.5, 0.6) is 0 Å². The number of carbonyl (C=O) groups is 2. The fraction of sp³-hybridized carbons (Fsp3) is 0. The Balaban J connectivity index is 3.20. The zero-order valence-electron chi connectivity index (χ0n) is 4.90. The maximum absolute atomic E-state index is 10.2. The fourth-order valence-corrected chi connectivity index (χ4v) is 1.15. The molecule has 10 heavy (non-hydrogen) atoms. The van der Waals surface area contributed by atoms with Crippen LogP contribution in [0, 0.1) is 0 Å². The lowest BCUT2D eigenvalue weighted by Gasteiger charge is -1.76. The summed E-state index contributed by atoms with van der Waals surface area (Å²) in [6.45, 7) is 0. The van der Waals surface area contributed by atoms with E-state index in [-0.39, 0.29) is 15.7 Å². The van der Waals surface area contributed by atoms with Gasteiger partial charge in [0.1, 0.15) is 5.69 Å². The summed E-state index contributed by atoms with van der Waals surface area (Å²) in [7, 11) is 0. The van der Waals surface area contributed by atoms with E-state index >= 15 is 0 Å². The Morgan fingerprint density at radius 2 is 2.10 bits per heavy atom. The number of aldehydes is 2. The summed E-state index contributed by atoms with van der Waals surface area (Å²) in [5, 5.41) is 0.240. The SMILES string of the molecule is Nc1nc(C=O)c(C=O)s1. The highest BCUT2D eigenvalue weighted by molar-refractivity contribution is 7.17. The van der Waals surface area contributed by atoms with E-state index in [9.17, 15) is 9.59 Å². The molecule has 0 unspecified atom stereocenters. The van der Waals surface area contributed by atoms with Crippen LogP contribution in [0.4, 0.5) is 5.13 Å². The van der Waals surface area contributed by atoms with Gasteiger partial charge < -0.3 is 5.73 Å². The van der Waals surface area contributed by atoms with E-state index < -0.39 is 0 Å². The molecule has 1 aromatic heterocycles. The molecule has 0 saturated carbocycles. The Morgan fingerprint density at radius 1 is 1.40 bits per heavy atom. The molecule has 0 bridgehead atoms. The highest BCUT2D eigenvalue weighted by Gasteiger charge is 2.05. The second-order valence-electron chi connectivity index (χ2n) is 1.54. The number of carbonyl (C=O) groups excluding carboxylic acids is 2. The van der Waals surface area contributed by atoms with Crippen molar-refractivity contribution in [3.8, 4) is 0 Å². The molecular formula is C5H4N2O2S. The van der Waals surface area contributed by atoms with E-state index in [1.807, 2.05) is 0 Å². The Labute approximate surface area is 60.7 Å². The van der Waals surface area contributed by atoms with E-state index in [1.54, 1.807) is 0 Å². The molecule has 0 aliphatic carbocycles. The summed E-state index contributed by atoms with van der Waals surface area (Å²) in [4.78, 5) is 24.2. The first-order valence-electron chi connectivity index (χ1n) is 2.44. The standard InChI is InChI=1S/C5H4N2O2S/c6-5-7-3(1-8)4(2-9)10-5/h1-2H,(H2,6,7). The van der Waals surface area contributed by atoms with Crippen LogP contribution in [-0.4, -0.2) is 17.6 Å². The molecule has 0 spiro atoms. The molecule has 0 fully saturated rings. The van der Waals surface area contributed by atoms with E-state index in [0.29, 0.717) is 12.6 Å². The summed E-state index contributed by atoms with van der Waals surface area (Å²) in [5.41, 5.74) is 5.34. The van der Waals surface area contributed by atoms with Gasteiger partial charge in [0.15, 0.2) is 17.7 Å². The van der Waals surface area contributed by atoms with Crippen LogP contribution in [-0.2, 0) is 0 Å². The number of hydrogen-bond acceptors (Lipinski definition) is 5. The minimum Gasteiger partial charge on any atom is -0.375 e. The van der Waals surface area contributed by atoms with Gasteiger partial charge >= 0.3 is 0 Å². The molecule has 0 saturated heterocycles. The Hall–Kier alpha value is -1.23. The van der Waals surface area contributed by atoms with E-state index in [4.69, 9.17) is 5.73 Å². The molecule has 4 nitrogen and oxygen atoms in total. The van der Waals surface area contributed by atoms with E-state index in [1.165, 1.54) is 0 Å². The third kappa shape index (κ3) is 1.03. The zero-order valence-corrected chi connectivity index (χ0v) is 5.72. The lowest BCUT2D eigenvalue weighted by molar-refractivity contribution is 0.109. The summed E-state index contributed by atoms with van der Waals surface area (Å²) in [6, 6.07) is 0. The molecule has 0 atom stereocenters. The Kier molecular flexibility index (Phi) is 1.77. The number of aromatic nitrogens is 1. The third-order valence-corrected chi connectivity index (χ3v) is 1.74. The first-order chi connectivity index (χ1) is 4.77. The maximum atomic E-state index is 10.2. The van der Waals surface area contributed by atoms with Crippen molar-refractivity contribution >= 4 is 29.0 Å². The predicted octanol–water partition coefficient (Wildman–Crippen LogP) is 0.350. The van der Waals surface area contributed by atoms with Gasteiger partial charge in [0, 0.05) is 0 Å². The van der Waals surface area contributed by atoms with Crippen molar-refractivity contribution in [1.29, 1.82) is 0 Å². The second-order valence-corrected chi connectivity index (χ2v) is 2.60. The molecule has 1 heterocycles. The van der Waals surface area contributed by atoms with Gasteiger partial charge in [-0.05, 0) is 0 Å². The smallest absolute Gasteiger partial charge is 0.181 e. The maximum Gasteiger partial charge on any atom is 0.181 e. The number of rotatable bonds is 2. The number of thiazole rings is 1. The van der Waals surface area contributed by atoms with Crippen LogP contribution >= 0.6 is 11.3 Å². The minimum atomic E-state index is 0.123. The van der Waals surface area contributed by atoms with Crippen LogP contribution < -0.4 is 5.73 Å². The largest absolute Gasteiger partial charge is 0.375 e. The summed E-state index contributed by atoms with van der Waals surface area (Å²) in [5.74, 6) is 0. The second kappa shape index (κ2) is 2.57. The molecule has 1 aromatic rings. The molecule has 52 valence electrons. The average molecular weight is 156 g/mol. The quantitative estimate of drug-likeness (QED) is 0.627. The first-order valence-corrected chi connectivity index (χ1v) is 3.26. The molecule has 0 radical (unpaired) electrons. The number of hydrogen-bond donors (Lipinski definition) is 1. The number of nitrogens with two attached hydrogens (primary N) is 1. The summed E-state index contributed by atoms with van der Waals surface area (Å²) in [6.07, 6.45) is 1.08.